The molecule has 1 N–H and O–H groups in total. The summed E-state index contributed by atoms with van der Waals surface area (Å²) in [5, 5.41) is 6.96. The average molecular weight is 275 g/mol. The zero-order valence-corrected chi connectivity index (χ0v) is 11.9. The molecule has 1 saturated heterocycles. The Labute approximate surface area is 117 Å². The molecule has 0 aromatic heterocycles. The van der Waals surface area contributed by atoms with Gasteiger partial charge in [0.15, 0.2) is 0 Å². The fraction of sp³-hybridized carbons (Fsp3) is 0.333. The SMILES string of the molecule is c1ccc2cc(NCC3CSCCS3)ccc2c1. The van der Waals surface area contributed by atoms with Crippen LogP contribution in [-0.2, 0) is 0 Å². The molecule has 1 aliphatic heterocycles. The highest BCUT2D eigenvalue weighted by Gasteiger charge is 2.13. The molecule has 1 nitrogen and oxygen atoms in total. The molecule has 0 aliphatic carbocycles. The molecule has 3 rings (SSSR count). The molecule has 1 aliphatic rings. The molecule has 1 fully saturated rings. The van der Waals surface area contributed by atoms with Crippen LogP contribution in [0.25, 0.3) is 10.8 Å². The molecular weight excluding hydrogens is 258 g/mol. The molecule has 2 aromatic rings. The summed E-state index contributed by atoms with van der Waals surface area (Å²) in [6.45, 7) is 1.08. The van der Waals surface area contributed by atoms with E-state index in [-0.39, 0.29) is 0 Å². The molecule has 1 unspecified atom stereocenters. The summed E-state index contributed by atoms with van der Waals surface area (Å²) in [6.07, 6.45) is 0. The normalized spacial score (nSPS) is 19.9. The Kier molecular flexibility index (Phi) is 4.01. The van der Waals surface area contributed by atoms with Gasteiger partial charge >= 0.3 is 0 Å². The fourth-order valence-corrected chi connectivity index (χ4v) is 4.80. The first kappa shape index (κ1) is 12.2. The summed E-state index contributed by atoms with van der Waals surface area (Å²) in [4.78, 5) is 0. The molecular formula is C15H17NS2. The average Bonchev–Trinajstić information content (AvgIpc) is 2.46. The molecule has 3 heteroatoms. The highest BCUT2D eigenvalue weighted by Crippen LogP contribution is 2.25. The van der Waals surface area contributed by atoms with E-state index in [1.807, 2.05) is 0 Å². The molecule has 94 valence electrons. The smallest absolute Gasteiger partial charge is 0.0346 e. The lowest BCUT2D eigenvalue weighted by Gasteiger charge is -2.21. The van der Waals surface area contributed by atoms with E-state index in [1.54, 1.807) is 0 Å². The van der Waals surface area contributed by atoms with Gasteiger partial charge in [-0.1, -0.05) is 30.3 Å². The van der Waals surface area contributed by atoms with Crippen molar-refractivity contribution in [2.24, 2.45) is 0 Å². The number of thioether (sulfide) groups is 2. The van der Waals surface area contributed by atoms with Gasteiger partial charge in [-0.25, -0.2) is 0 Å². The molecule has 0 amide bonds. The Morgan fingerprint density at radius 2 is 1.94 bits per heavy atom. The van der Waals surface area contributed by atoms with Gasteiger partial charge in [-0.15, -0.1) is 0 Å². The molecule has 0 spiro atoms. The van der Waals surface area contributed by atoms with E-state index in [4.69, 9.17) is 0 Å². The summed E-state index contributed by atoms with van der Waals surface area (Å²) in [6, 6.07) is 15.1. The Hall–Kier alpha value is -0.800. The second kappa shape index (κ2) is 5.89. The number of rotatable bonds is 3. The predicted molar refractivity (Wildman–Crippen MR) is 86.0 cm³/mol. The van der Waals surface area contributed by atoms with Crippen LogP contribution in [0, 0.1) is 0 Å². The molecule has 18 heavy (non-hydrogen) atoms. The second-order valence-electron chi connectivity index (χ2n) is 4.51. The van der Waals surface area contributed by atoms with Crippen LogP contribution in [0.4, 0.5) is 5.69 Å². The Morgan fingerprint density at radius 3 is 2.78 bits per heavy atom. The largest absolute Gasteiger partial charge is 0.384 e. The number of fused-ring (bicyclic) bond motifs is 1. The predicted octanol–water partition coefficient (Wildman–Crippen LogP) is 4.10. The number of anilines is 1. The maximum absolute atomic E-state index is 3.57. The van der Waals surface area contributed by atoms with Gasteiger partial charge in [0.25, 0.3) is 0 Å². The van der Waals surface area contributed by atoms with E-state index >= 15 is 0 Å². The maximum atomic E-state index is 3.57. The number of benzene rings is 2. The van der Waals surface area contributed by atoms with E-state index in [2.05, 4.69) is 71.3 Å². The fourth-order valence-electron chi connectivity index (χ4n) is 2.19. The Morgan fingerprint density at radius 1 is 1.06 bits per heavy atom. The van der Waals surface area contributed by atoms with Crippen molar-refractivity contribution in [2.45, 2.75) is 5.25 Å². The molecule has 0 bridgehead atoms. The quantitative estimate of drug-likeness (QED) is 0.905. The van der Waals surface area contributed by atoms with Gasteiger partial charge in [-0.2, -0.15) is 23.5 Å². The monoisotopic (exact) mass is 275 g/mol. The van der Waals surface area contributed by atoms with Gasteiger partial charge in [0.1, 0.15) is 0 Å². The molecule has 1 heterocycles. The minimum absolute atomic E-state index is 0.759. The number of hydrogen-bond acceptors (Lipinski definition) is 3. The van der Waals surface area contributed by atoms with E-state index in [9.17, 15) is 0 Å². The summed E-state index contributed by atoms with van der Waals surface area (Å²) >= 11 is 4.18. The summed E-state index contributed by atoms with van der Waals surface area (Å²) < 4.78 is 0. The van der Waals surface area contributed by atoms with Crippen LogP contribution in [-0.4, -0.2) is 29.1 Å². The van der Waals surface area contributed by atoms with E-state index in [0.717, 1.165) is 11.8 Å². The van der Waals surface area contributed by atoms with E-state index in [1.165, 1.54) is 33.7 Å². The first-order valence-electron chi connectivity index (χ1n) is 6.34. The van der Waals surface area contributed by atoms with Crippen molar-refractivity contribution in [3.8, 4) is 0 Å². The van der Waals surface area contributed by atoms with Crippen LogP contribution in [0.5, 0.6) is 0 Å². The summed E-state index contributed by atoms with van der Waals surface area (Å²) in [7, 11) is 0. The minimum Gasteiger partial charge on any atom is -0.384 e. The van der Waals surface area contributed by atoms with E-state index in [0.29, 0.717) is 0 Å². The van der Waals surface area contributed by atoms with Crippen molar-refractivity contribution >= 4 is 40.0 Å². The second-order valence-corrected chi connectivity index (χ2v) is 7.07. The molecule has 0 radical (unpaired) electrons. The van der Waals surface area contributed by atoms with Crippen LogP contribution >= 0.6 is 23.5 Å². The molecule has 2 aromatic carbocycles. The topological polar surface area (TPSA) is 12.0 Å². The highest BCUT2D eigenvalue weighted by molar-refractivity contribution is 8.06. The van der Waals surface area contributed by atoms with Gasteiger partial charge in [-0.3, -0.25) is 0 Å². The third kappa shape index (κ3) is 2.96. The van der Waals surface area contributed by atoms with Crippen molar-refractivity contribution in [1.82, 2.24) is 0 Å². The van der Waals surface area contributed by atoms with Crippen LogP contribution in [0.15, 0.2) is 42.5 Å². The van der Waals surface area contributed by atoms with Gasteiger partial charge in [0, 0.05) is 34.7 Å². The van der Waals surface area contributed by atoms with Gasteiger partial charge in [0.05, 0.1) is 0 Å². The van der Waals surface area contributed by atoms with Crippen LogP contribution < -0.4 is 5.32 Å². The van der Waals surface area contributed by atoms with Crippen molar-refractivity contribution in [2.75, 3.05) is 29.1 Å². The third-order valence-corrected chi connectivity index (χ3v) is 6.01. The number of nitrogens with one attached hydrogen (secondary N) is 1. The van der Waals surface area contributed by atoms with Crippen molar-refractivity contribution in [1.29, 1.82) is 0 Å². The zero-order valence-electron chi connectivity index (χ0n) is 10.3. The lowest BCUT2D eigenvalue weighted by molar-refractivity contribution is 1.01. The maximum Gasteiger partial charge on any atom is 0.0346 e. The Balaban J connectivity index is 1.66. The summed E-state index contributed by atoms with van der Waals surface area (Å²) in [5.41, 5.74) is 1.24. The van der Waals surface area contributed by atoms with E-state index < -0.39 is 0 Å². The highest BCUT2D eigenvalue weighted by atomic mass is 32.2. The van der Waals surface area contributed by atoms with Gasteiger partial charge in [-0.05, 0) is 22.9 Å². The van der Waals surface area contributed by atoms with Crippen LogP contribution in [0.1, 0.15) is 0 Å². The minimum atomic E-state index is 0.759. The first-order valence-corrected chi connectivity index (χ1v) is 8.54. The van der Waals surface area contributed by atoms with Crippen molar-refractivity contribution in [3.63, 3.8) is 0 Å². The van der Waals surface area contributed by atoms with Crippen LogP contribution in [0.3, 0.4) is 0 Å². The van der Waals surface area contributed by atoms with Gasteiger partial charge < -0.3 is 5.32 Å². The lowest BCUT2D eigenvalue weighted by atomic mass is 10.1. The van der Waals surface area contributed by atoms with Gasteiger partial charge in [0.2, 0.25) is 0 Å². The lowest BCUT2D eigenvalue weighted by Crippen LogP contribution is -2.23. The third-order valence-electron chi connectivity index (χ3n) is 3.17. The zero-order chi connectivity index (χ0) is 12.2. The summed E-state index contributed by atoms with van der Waals surface area (Å²) in [5.74, 6) is 3.90. The Bertz CT molecular complexity index is 521. The number of hydrogen-bond donors (Lipinski definition) is 1. The first-order chi connectivity index (χ1) is 8.92. The molecule has 0 saturated carbocycles. The molecule has 1 atom stereocenters. The standard InChI is InChI=1S/C15H17NS2/c1-2-4-13-9-14(6-5-12(13)3-1)16-10-15-11-17-7-8-18-15/h1-6,9,15-16H,7-8,10-11H2. The van der Waals surface area contributed by atoms with Crippen molar-refractivity contribution < 1.29 is 0 Å². The van der Waals surface area contributed by atoms with Crippen molar-refractivity contribution in [3.05, 3.63) is 42.5 Å². The van der Waals surface area contributed by atoms with Crippen LogP contribution in [0.2, 0.25) is 0 Å².